The first-order valence-electron chi connectivity index (χ1n) is 7.13. The Balaban J connectivity index is 1.59. The van der Waals surface area contributed by atoms with Crippen molar-refractivity contribution in [2.75, 3.05) is 11.9 Å². The minimum Gasteiger partial charge on any atom is -0.478 e. The van der Waals surface area contributed by atoms with Gasteiger partial charge in [-0.15, -0.1) is 0 Å². The molecule has 1 aromatic heterocycles. The molecule has 1 heterocycles. The fourth-order valence-corrected chi connectivity index (χ4v) is 2.65. The van der Waals surface area contributed by atoms with E-state index in [0.717, 1.165) is 43.6 Å². The summed E-state index contributed by atoms with van der Waals surface area (Å²) in [6, 6.07) is 6.99. The number of carboxylic acid groups (broad SMARTS) is 1. The normalized spacial score (nSPS) is 13.0. The van der Waals surface area contributed by atoms with Crippen LogP contribution in [0.4, 0.5) is 5.82 Å². The van der Waals surface area contributed by atoms with Crippen LogP contribution in [0.3, 0.4) is 0 Å². The van der Waals surface area contributed by atoms with Crippen molar-refractivity contribution in [2.24, 2.45) is 0 Å². The van der Waals surface area contributed by atoms with Crippen LogP contribution < -0.4 is 5.32 Å². The van der Waals surface area contributed by atoms with E-state index in [1.165, 1.54) is 11.3 Å². The molecule has 1 aromatic carbocycles. The van der Waals surface area contributed by atoms with Gasteiger partial charge >= 0.3 is 5.97 Å². The molecule has 1 aliphatic carbocycles. The van der Waals surface area contributed by atoms with Crippen LogP contribution >= 0.6 is 0 Å². The number of aromatic nitrogens is 2. The van der Waals surface area contributed by atoms with E-state index in [2.05, 4.69) is 15.3 Å². The molecule has 21 heavy (non-hydrogen) atoms. The second-order valence-corrected chi connectivity index (χ2v) is 5.18. The smallest absolute Gasteiger partial charge is 0.335 e. The Morgan fingerprint density at radius 1 is 1.19 bits per heavy atom. The van der Waals surface area contributed by atoms with Crippen molar-refractivity contribution in [2.45, 2.75) is 25.7 Å². The largest absolute Gasteiger partial charge is 0.478 e. The van der Waals surface area contributed by atoms with Gasteiger partial charge < -0.3 is 10.4 Å². The number of aryl methyl sites for hydroxylation is 1. The standard InChI is InChI=1S/C16H17N3O2/c20-16(21)12-6-4-11(5-7-12)8-9-17-15-13-2-1-3-14(13)18-10-19-15/h4-7,10H,1-3,8-9H2,(H,20,21)(H,17,18,19). The molecular weight excluding hydrogens is 266 g/mol. The monoisotopic (exact) mass is 283 g/mol. The number of nitrogens with one attached hydrogen (secondary N) is 1. The van der Waals surface area contributed by atoms with Gasteiger partial charge in [-0.05, 0) is 43.4 Å². The summed E-state index contributed by atoms with van der Waals surface area (Å²) in [7, 11) is 0. The summed E-state index contributed by atoms with van der Waals surface area (Å²) in [4.78, 5) is 19.4. The van der Waals surface area contributed by atoms with E-state index in [4.69, 9.17) is 5.11 Å². The second kappa shape index (κ2) is 5.91. The molecule has 5 nitrogen and oxygen atoms in total. The second-order valence-electron chi connectivity index (χ2n) is 5.18. The van der Waals surface area contributed by atoms with Crippen LogP contribution in [0.2, 0.25) is 0 Å². The molecule has 0 amide bonds. The highest BCUT2D eigenvalue weighted by atomic mass is 16.4. The lowest BCUT2D eigenvalue weighted by molar-refractivity contribution is 0.0697. The third-order valence-electron chi connectivity index (χ3n) is 3.78. The van der Waals surface area contributed by atoms with Crippen LogP contribution in [0.25, 0.3) is 0 Å². The average molecular weight is 283 g/mol. The first-order valence-corrected chi connectivity index (χ1v) is 7.13. The molecule has 2 N–H and O–H groups in total. The fourth-order valence-electron chi connectivity index (χ4n) is 2.65. The quantitative estimate of drug-likeness (QED) is 0.880. The van der Waals surface area contributed by atoms with Gasteiger partial charge in [0.1, 0.15) is 12.1 Å². The topological polar surface area (TPSA) is 75.1 Å². The minimum atomic E-state index is -0.892. The number of hydrogen-bond donors (Lipinski definition) is 2. The maximum absolute atomic E-state index is 10.8. The average Bonchev–Trinajstić information content (AvgIpc) is 2.97. The molecule has 0 saturated carbocycles. The predicted octanol–water partition coefficient (Wildman–Crippen LogP) is 2.32. The molecule has 108 valence electrons. The lowest BCUT2D eigenvalue weighted by Gasteiger charge is -2.09. The Morgan fingerprint density at radius 3 is 2.76 bits per heavy atom. The summed E-state index contributed by atoms with van der Waals surface area (Å²) < 4.78 is 0. The molecule has 0 fully saturated rings. The number of benzene rings is 1. The molecule has 0 bridgehead atoms. The number of rotatable bonds is 5. The highest BCUT2D eigenvalue weighted by Crippen LogP contribution is 2.24. The first kappa shape index (κ1) is 13.5. The Kier molecular flexibility index (Phi) is 3.81. The van der Waals surface area contributed by atoms with Gasteiger partial charge in [0.2, 0.25) is 0 Å². The maximum atomic E-state index is 10.8. The summed E-state index contributed by atoms with van der Waals surface area (Å²) >= 11 is 0. The Bertz CT molecular complexity index is 653. The van der Waals surface area contributed by atoms with Gasteiger partial charge in [-0.2, -0.15) is 0 Å². The van der Waals surface area contributed by atoms with E-state index in [1.807, 2.05) is 12.1 Å². The van der Waals surface area contributed by atoms with Crippen LogP contribution in [0, 0.1) is 0 Å². The molecule has 5 heteroatoms. The molecule has 0 unspecified atom stereocenters. The zero-order valence-corrected chi connectivity index (χ0v) is 11.7. The fraction of sp³-hybridized carbons (Fsp3) is 0.312. The van der Waals surface area contributed by atoms with Crippen molar-refractivity contribution in [3.8, 4) is 0 Å². The lowest BCUT2D eigenvalue weighted by Crippen LogP contribution is -2.09. The Hall–Kier alpha value is -2.43. The van der Waals surface area contributed by atoms with E-state index < -0.39 is 5.97 Å². The zero-order valence-electron chi connectivity index (χ0n) is 11.7. The van der Waals surface area contributed by atoms with Crippen molar-refractivity contribution in [3.05, 3.63) is 53.0 Å². The van der Waals surface area contributed by atoms with Gasteiger partial charge in [0.25, 0.3) is 0 Å². The molecule has 0 radical (unpaired) electrons. The van der Waals surface area contributed by atoms with Crippen molar-refractivity contribution in [1.82, 2.24) is 9.97 Å². The van der Waals surface area contributed by atoms with Gasteiger partial charge in [0.05, 0.1) is 5.56 Å². The van der Waals surface area contributed by atoms with Crippen LogP contribution in [0.1, 0.15) is 33.6 Å². The third kappa shape index (κ3) is 3.02. The number of carboxylic acids is 1. The summed E-state index contributed by atoms with van der Waals surface area (Å²) in [5.41, 5.74) is 3.84. The third-order valence-corrected chi connectivity index (χ3v) is 3.78. The highest BCUT2D eigenvalue weighted by molar-refractivity contribution is 5.87. The van der Waals surface area contributed by atoms with E-state index in [9.17, 15) is 4.79 Å². The summed E-state index contributed by atoms with van der Waals surface area (Å²) in [5, 5.41) is 12.2. The number of carbonyl (C=O) groups is 1. The van der Waals surface area contributed by atoms with E-state index in [-0.39, 0.29) is 0 Å². The van der Waals surface area contributed by atoms with Crippen LogP contribution in [0.5, 0.6) is 0 Å². The zero-order chi connectivity index (χ0) is 14.7. The lowest BCUT2D eigenvalue weighted by atomic mass is 10.1. The van der Waals surface area contributed by atoms with Gasteiger partial charge in [-0.25, -0.2) is 14.8 Å². The van der Waals surface area contributed by atoms with Crippen LogP contribution in [0.15, 0.2) is 30.6 Å². The molecule has 0 atom stereocenters. The predicted molar refractivity (Wildman–Crippen MR) is 79.7 cm³/mol. The number of aromatic carboxylic acids is 1. The van der Waals surface area contributed by atoms with Gasteiger partial charge in [0.15, 0.2) is 0 Å². The molecule has 0 saturated heterocycles. The van der Waals surface area contributed by atoms with Crippen molar-refractivity contribution >= 4 is 11.8 Å². The van der Waals surface area contributed by atoms with Crippen molar-refractivity contribution < 1.29 is 9.90 Å². The minimum absolute atomic E-state index is 0.320. The molecule has 3 rings (SSSR count). The molecular formula is C16H17N3O2. The van der Waals surface area contributed by atoms with Crippen LogP contribution in [-0.2, 0) is 19.3 Å². The summed E-state index contributed by atoms with van der Waals surface area (Å²) in [5.74, 6) is 0.0517. The maximum Gasteiger partial charge on any atom is 0.335 e. The Labute approximate surface area is 123 Å². The molecule has 0 aliphatic heterocycles. The van der Waals surface area contributed by atoms with Crippen LogP contribution in [-0.4, -0.2) is 27.6 Å². The number of anilines is 1. The van der Waals surface area contributed by atoms with Gasteiger partial charge in [-0.1, -0.05) is 12.1 Å². The van der Waals surface area contributed by atoms with Gasteiger partial charge in [0, 0.05) is 17.8 Å². The summed E-state index contributed by atoms with van der Waals surface area (Å²) in [6.07, 6.45) is 5.70. The highest BCUT2D eigenvalue weighted by Gasteiger charge is 2.16. The SMILES string of the molecule is O=C(O)c1ccc(CCNc2ncnc3c2CCC3)cc1. The number of nitrogens with zero attached hydrogens (tertiary/aromatic N) is 2. The summed E-state index contributed by atoms with van der Waals surface area (Å²) in [6.45, 7) is 0.774. The number of fused-ring (bicyclic) bond motifs is 1. The molecule has 0 spiro atoms. The van der Waals surface area contributed by atoms with E-state index >= 15 is 0 Å². The Morgan fingerprint density at radius 2 is 2.00 bits per heavy atom. The number of hydrogen-bond acceptors (Lipinski definition) is 4. The van der Waals surface area contributed by atoms with Gasteiger partial charge in [-0.3, -0.25) is 0 Å². The van der Waals surface area contributed by atoms with E-state index in [1.54, 1.807) is 18.5 Å². The first-order chi connectivity index (χ1) is 10.2. The van der Waals surface area contributed by atoms with Crippen molar-refractivity contribution in [3.63, 3.8) is 0 Å². The molecule has 2 aromatic rings. The molecule has 1 aliphatic rings. The van der Waals surface area contributed by atoms with Crippen molar-refractivity contribution in [1.29, 1.82) is 0 Å². The van der Waals surface area contributed by atoms with E-state index in [0.29, 0.717) is 5.56 Å².